The van der Waals surface area contributed by atoms with Crippen molar-refractivity contribution in [1.29, 1.82) is 0 Å². The molecule has 17 heteroatoms. The maximum atomic E-state index is 13.8. The molecule has 0 spiro atoms. The highest BCUT2D eigenvalue weighted by molar-refractivity contribution is 4.76. The van der Waals surface area contributed by atoms with Crippen molar-refractivity contribution < 1.29 is 41.6 Å². The number of alkyl halides is 5. The van der Waals surface area contributed by atoms with E-state index in [4.69, 9.17) is 0 Å². The molecule has 0 aromatic rings. The molecular formula is C6H5F5N4O8. The summed E-state index contributed by atoms with van der Waals surface area (Å²) in [5.74, 6) is -8.90. The van der Waals surface area contributed by atoms with Crippen molar-refractivity contribution in [3.63, 3.8) is 0 Å². The second-order valence-corrected chi connectivity index (χ2v) is 4.10. The van der Waals surface area contributed by atoms with Gasteiger partial charge in [0, 0.05) is 0 Å². The summed E-state index contributed by atoms with van der Waals surface area (Å²) < 4.78 is 65.4. The average Bonchev–Trinajstić information content (AvgIpc) is 2.35. The van der Waals surface area contributed by atoms with Crippen LogP contribution in [0.3, 0.4) is 0 Å². The molecule has 0 fully saturated rings. The van der Waals surface area contributed by atoms with Gasteiger partial charge in [0.1, 0.15) is 22.7 Å². The van der Waals surface area contributed by atoms with Crippen molar-refractivity contribution in [1.82, 2.24) is 0 Å². The van der Waals surface area contributed by atoms with Gasteiger partial charge in [-0.15, -0.1) is 17.6 Å². The highest BCUT2D eigenvalue weighted by Gasteiger charge is 2.72. The van der Waals surface area contributed by atoms with Crippen LogP contribution in [0.2, 0.25) is 0 Å². The van der Waals surface area contributed by atoms with E-state index in [1.165, 1.54) is 0 Å². The molecule has 0 aliphatic rings. The van der Waals surface area contributed by atoms with Crippen molar-refractivity contribution >= 4 is 0 Å². The van der Waals surface area contributed by atoms with Crippen LogP contribution in [0.25, 0.3) is 0 Å². The Balaban J connectivity index is 6.00. The van der Waals surface area contributed by atoms with Crippen LogP contribution in [-0.4, -0.2) is 37.7 Å². The largest absolute Gasteiger partial charge is 0.617 e. The van der Waals surface area contributed by atoms with E-state index in [9.17, 15) is 62.4 Å². The summed E-state index contributed by atoms with van der Waals surface area (Å²) in [5, 5.41) is 40.7. The van der Waals surface area contributed by atoms with Gasteiger partial charge >= 0.3 is 18.0 Å². The van der Waals surface area contributed by atoms with Gasteiger partial charge in [-0.2, -0.15) is 0 Å². The Labute approximate surface area is 120 Å². The van der Waals surface area contributed by atoms with Crippen molar-refractivity contribution in [3.05, 3.63) is 40.5 Å². The van der Waals surface area contributed by atoms with Crippen LogP contribution >= 0.6 is 0 Å². The van der Waals surface area contributed by atoms with Crippen LogP contribution in [-0.2, 0) is 0 Å². The van der Waals surface area contributed by atoms with E-state index in [0.717, 1.165) is 0 Å². The van der Waals surface area contributed by atoms with Gasteiger partial charge in [0.05, 0.1) is 9.85 Å². The fraction of sp³-hybridized carbons (Fsp3) is 1.00. The normalized spacial score (nSPS) is 13.0. The Morgan fingerprint density at radius 3 is 1.09 bits per heavy atom. The van der Waals surface area contributed by atoms with Crippen molar-refractivity contribution in [3.8, 4) is 0 Å². The third-order valence-corrected chi connectivity index (χ3v) is 2.55. The van der Waals surface area contributed by atoms with E-state index in [-0.39, 0.29) is 0 Å². The molecule has 0 unspecified atom stereocenters. The molecule has 0 saturated heterocycles. The lowest BCUT2D eigenvalue weighted by Crippen LogP contribution is -2.53. The zero-order chi connectivity index (χ0) is 18.8. The number of nitro groups is 4. The van der Waals surface area contributed by atoms with Gasteiger partial charge in [-0.05, 0) is 0 Å². The lowest BCUT2D eigenvalue weighted by molar-refractivity contribution is -0.845. The van der Waals surface area contributed by atoms with Crippen molar-refractivity contribution in [2.24, 2.45) is 5.92 Å². The molecular weight excluding hydrogens is 351 g/mol. The Kier molecular flexibility index (Phi) is 5.43. The highest BCUT2D eigenvalue weighted by atomic mass is 19.3. The van der Waals surface area contributed by atoms with Gasteiger partial charge in [0.15, 0.2) is 5.92 Å². The summed E-state index contributed by atoms with van der Waals surface area (Å²) in [7, 11) is 0. The number of nitrogens with zero attached hydrogens (tertiary/aromatic N) is 4. The summed E-state index contributed by atoms with van der Waals surface area (Å²) in [6.07, 6.45) is -5.47. The first-order chi connectivity index (χ1) is 10.1. The van der Waals surface area contributed by atoms with E-state index in [1.54, 1.807) is 0 Å². The van der Waals surface area contributed by atoms with Crippen molar-refractivity contribution in [2.75, 3.05) is 0 Å². The Bertz CT molecular complexity index is 499. The standard InChI is InChI=1S/C6H5F5N4O8/c7-4(8,12(16)17)1-3(2-5(9,10)13(18)19)6(11,14(20)21)15(22)23/h3H,1-2H2. The Hall–Kier alpha value is -2.75. The zero-order valence-corrected chi connectivity index (χ0v) is 10.4. The molecule has 0 rings (SSSR count). The third-order valence-electron chi connectivity index (χ3n) is 2.55. The van der Waals surface area contributed by atoms with E-state index in [0.29, 0.717) is 0 Å². The first-order valence-corrected chi connectivity index (χ1v) is 5.11. The predicted octanol–water partition coefficient (Wildman–Crippen LogP) is 1.30. The molecule has 0 heterocycles. The van der Waals surface area contributed by atoms with Gasteiger partial charge in [0.2, 0.25) is 0 Å². The first kappa shape index (κ1) is 20.2. The predicted molar refractivity (Wildman–Crippen MR) is 54.4 cm³/mol. The maximum absolute atomic E-state index is 13.8. The highest BCUT2D eigenvalue weighted by Crippen LogP contribution is 2.40. The zero-order valence-electron chi connectivity index (χ0n) is 10.4. The summed E-state index contributed by atoms with van der Waals surface area (Å²) in [5.41, 5.74) is 0. The smallest absolute Gasteiger partial charge is 0.259 e. The fourth-order valence-corrected chi connectivity index (χ4v) is 1.44. The first-order valence-electron chi connectivity index (χ1n) is 5.11. The van der Waals surface area contributed by atoms with Crippen LogP contribution in [0.5, 0.6) is 0 Å². The molecule has 0 saturated carbocycles. The molecule has 0 atom stereocenters. The van der Waals surface area contributed by atoms with Crippen LogP contribution in [0.4, 0.5) is 22.0 Å². The van der Waals surface area contributed by atoms with Gasteiger partial charge in [-0.1, -0.05) is 4.39 Å². The molecule has 0 radical (unpaired) electrons. The number of halogens is 5. The van der Waals surface area contributed by atoms with Gasteiger partial charge in [-0.3, -0.25) is 40.5 Å². The summed E-state index contributed by atoms with van der Waals surface area (Å²) in [6.45, 7) is 0. The van der Waals surface area contributed by atoms with Crippen LogP contribution in [0.15, 0.2) is 0 Å². The molecule has 0 aliphatic carbocycles. The molecule has 12 nitrogen and oxygen atoms in total. The van der Waals surface area contributed by atoms with E-state index < -0.39 is 56.5 Å². The summed E-state index contributed by atoms with van der Waals surface area (Å²) in [4.78, 5) is 30.9. The van der Waals surface area contributed by atoms with E-state index in [2.05, 4.69) is 0 Å². The van der Waals surface area contributed by atoms with Crippen LogP contribution in [0, 0.1) is 46.4 Å². The number of hydrogen-bond acceptors (Lipinski definition) is 8. The maximum Gasteiger partial charge on any atom is 0.617 e. The summed E-state index contributed by atoms with van der Waals surface area (Å²) >= 11 is 0. The molecule has 132 valence electrons. The third kappa shape index (κ3) is 4.13. The molecule has 0 aromatic heterocycles. The average molecular weight is 356 g/mol. The monoisotopic (exact) mass is 356 g/mol. The second-order valence-electron chi connectivity index (χ2n) is 4.10. The summed E-state index contributed by atoms with van der Waals surface area (Å²) in [6, 6.07) is -10.6. The van der Waals surface area contributed by atoms with Gasteiger partial charge in [-0.25, -0.2) is 0 Å². The minimum atomic E-state index is -5.28. The minimum absolute atomic E-state index is 2.45. The molecule has 0 aromatic carbocycles. The number of rotatable bonds is 9. The van der Waals surface area contributed by atoms with Crippen molar-refractivity contribution in [2.45, 2.75) is 30.9 Å². The van der Waals surface area contributed by atoms with E-state index >= 15 is 0 Å². The van der Waals surface area contributed by atoms with Gasteiger partial charge < -0.3 is 0 Å². The van der Waals surface area contributed by atoms with Crippen LogP contribution in [0.1, 0.15) is 12.8 Å². The SMILES string of the molecule is O=[N+]([O-])C(F)(F)CC(CC(F)(F)[N+](=O)[O-])C(F)([N+](=O)[O-])[N+](=O)[O-]. The molecule has 0 amide bonds. The van der Waals surface area contributed by atoms with Crippen LogP contribution < -0.4 is 0 Å². The molecule has 0 aliphatic heterocycles. The lowest BCUT2D eigenvalue weighted by atomic mass is 9.94. The Morgan fingerprint density at radius 1 is 0.652 bits per heavy atom. The lowest BCUT2D eigenvalue weighted by Gasteiger charge is -2.20. The quantitative estimate of drug-likeness (QED) is 0.195. The Morgan fingerprint density at radius 2 is 0.913 bits per heavy atom. The minimum Gasteiger partial charge on any atom is -0.259 e. The fourth-order valence-electron chi connectivity index (χ4n) is 1.44. The molecule has 0 bridgehead atoms. The molecule has 0 N–H and O–H groups in total. The van der Waals surface area contributed by atoms with E-state index in [1.807, 2.05) is 0 Å². The molecule has 23 heavy (non-hydrogen) atoms. The topological polar surface area (TPSA) is 173 Å². The number of hydrogen-bond donors (Lipinski definition) is 0. The van der Waals surface area contributed by atoms with Gasteiger partial charge in [0.25, 0.3) is 0 Å². The second kappa shape index (κ2) is 6.16.